The number of benzene rings is 2. The summed E-state index contributed by atoms with van der Waals surface area (Å²) in [4.78, 5) is 29.1. The molecule has 4 rings (SSSR count). The zero-order valence-corrected chi connectivity index (χ0v) is 12.3. The van der Waals surface area contributed by atoms with Crippen LogP contribution < -0.4 is 11.1 Å². The molecule has 0 fully saturated rings. The summed E-state index contributed by atoms with van der Waals surface area (Å²) in [6.45, 7) is 0. The van der Waals surface area contributed by atoms with Gasteiger partial charge in [0.05, 0.1) is 10.9 Å². The van der Waals surface area contributed by atoms with E-state index in [1.54, 1.807) is 31.3 Å². The zero-order valence-electron chi connectivity index (χ0n) is 12.3. The number of rotatable bonds is 1. The van der Waals surface area contributed by atoms with Crippen molar-refractivity contribution in [2.45, 2.75) is 0 Å². The van der Waals surface area contributed by atoms with E-state index in [0.717, 1.165) is 5.56 Å². The Morgan fingerprint density at radius 2 is 1.61 bits per heavy atom. The molecular weight excluding hydrogens is 292 g/mol. The molecule has 6 heteroatoms. The second kappa shape index (κ2) is 4.88. The van der Waals surface area contributed by atoms with Crippen LogP contribution in [0.4, 0.5) is 0 Å². The van der Waals surface area contributed by atoms with Crippen molar-refractivity contribution in [2.24, 2.45) is 7.05 Å². The Balaban J connectivity index is 2.25. The van der Waals surface area contributed by atoms with E-state index in [1.165, 1.54) is 9.08 Å². The molecule has 0 aliphatic rings. The maximum atomic E-state index is 13.0. The van der Waals surface area contributed by atoms with E-state index in [9.17, 15) is 9.59 Å². The molecule has 2 aromatic carbocycles. The van der Waals surface area contributed by atoms with Crippen LogP contribution in [0.5, 0.6) is 0 Å². The maximum Gasteiger partial charge on any atom is 0.286 e. The molecule has 0 saturated heterocycles. The van der Waals surface area contributed by atoms with Gasteiger partial charge in [0.2, 0.25) is 5.78 Å². The van der Waals surface area contributed by atoms with E-state index < -0.39 is 0 Å². The van der Waals surface area contributed by atoms with Gasteiger partial charge in [-0.3, -0.25) is 9.59 Å². The molecule has 0 amide bonds. The monoisotopic (exact) mass is 304 g/mol. The van der Waals surface area contributed by atoms with Crippen LogP contribution in [0.3, 0.4) is 0 Å². The van der Waals surface area contributed by atoms with Crippen LogP contribution in [0, 0.1) is 0 Å². The third-order valence-corrected chi connectivity index (χ3v) is 3.77. The normalized spacial score (nSPS) is 11.2. The Kier molecular flexibility index (Phi) is 2.84. The number of hydrogen-bond acceptors (Lipinski definition) is 4. The minimum absolute atomic E-state index is 0.221. The molecule has 0 N–H and O–H groups in total. The van der Waals surface area contributed by atoms with Gasteiger partial charge in [0.1, 0.15) is 0 Å². The lowest BCUT2D eigenvalue weighted by molar-refractivity contribution is 0.722. The van der Waals surface area contributed by atoms with Gasteiger partial charge in [0.15, 0.2) is 5.69 Å². The summed E-state index contributed by atoms with van der Waals surface area (Å²) in [5.74, 6) is 0.221. The van der Waals surface area contributed by atoms with Crippen LogP contribution >= 0.6 is 0 Å². The Bertz CT molecular complexity index is 1160. The van der Waals surface area contributed by atoms with Gasteiger partial charge in [-0.25, -0.2) is 9.08 Å². The molecule has 0 saturated carbocycles. The lowest BCUT2D eigenvalue weighted by Crippen LogP contribution is -2.27. The average Bonchev–Trinajstić information content (AvgIpc) is 2.59. The lowest BCUT2D eigenvalue weighted by Gasteiger charge is -2.10. The van der Waals surface area contributed by atoms with Crippen molar-refractivity contribution in [3.8, 4) is 11.3 Å². The van der Waals surface area contributed by atoms with Crippen LogP contribution in [-0.4, -0.2) is 19.2 Å². The molecule has 0 aliphatic heterocycles. The highest BCUT2D eigenvalue weighted by molar-refractivity contribution is 5.80. The summed E-state index contributed by atoms with van der Waals surface area (Å²) in [5.41, 5.74) is 0.898. The third kappa shape index (κ3) is 1.96. The van der Waals surface area contributed by atoms with Gasteiger partial charge in [-0.15, -0.1) is 0 Å². The summed E-state index contributed by atoms with van der Waals surface area (Å²) in [6.07, 6.45) is 0. The predicted octanol–water partition coefficient (Wildman–Crippen LogP) is 1.61. The highest BCUT2D eigenvalue weighted by atomic mass is 16.1. The fourth-order valence-electron chi connectivity index (χ4n) is 2.70. The molecule has 0 unspecified atom stereocenters. The number of nitrogens with zero attached hydrogens (tertiary/aromatic N) is 4. The zero-order chi connectivity index (χ0) is 16.0. The molecule has 2 aromatic heterocycles. The first-order valence-corrected chi connectivity index (χ1v) is 7.11. The van der Waals surface area contributed by atoms with Crippen LogP contribution in [0.25, 0.3) is 27.9 Å². The van der Waals surface area contributed by atoms with Gasteiger partial charge < -0.3 is 0 Å². The van der Waals surface area contributed by atoms with Crippen LogP contribution in [0.15, 0.2) is 64.2 Å². The highest BCUT2D eigenvalue weighted by Gasteiger charge is 2.14. The SMILES string of the molecule is Cn1nc(-c2ccccc2)c(=O)n2c3ccccc3c(=O)nc12. The molecule has 23 heavy (non-hydrogen) atoms. The van der Waals surface area contributed by atoms with Gasteiger partial charge >= 0.3 is 0 Å². The Morgan fingerprint density at radius 3 is 2.39 bits per heavy atom. The van der Waals surface area contributed by atoms with E-state index in [1.807, 2.05) is 30.3 Å². The topological polar surface area (TPSA) is 69.3 Å². The van der Waals surface area contributed by atoms with E-state index >= 15 is 0 Å². The molecule has 0 atom stereocenters. The van der Waals surface area contributed by atoms with Crippen molar-refractivity contribution >= 4 is 16.7 Å². The quantitative estimate of drug-likeness (QED) is 0.501. The Morgan fingerprint density at radius 1 is 0.913 bits per heavy atom. The minimum Gasteiger partial charge on any atom is -0.267 e. The number of para-hydroxylation sites is 1. The molecule has 0 aliphatic carbocycles. The standard InChI is InChI=1S/C17H12N4O2/c1-20-17-18-15(22)12-9-5-6-10-13(12)21(17)16(23)14(19-20)11-7-3-2-4-8-11/h2-10H,1H3. The molecule has 0 spiro atoms. The maximum absolute atomic E-state index is 13.0. The van der Waals surface area contributed by atoms with Gasteiger partial charge in [-0.05, 0) is 12.1 Å². The van der Waals surface area contributed by atoms with E-state index in [0.29, 0.717) is 16.6 Å². The molecule has 0 bridgehead atoms. The van der Waals surface area contributed by atoms with Crippen molar-refractivity contribution in [3.63, 3.8) is 0 Å². The van der Waals surface area contributed by atoms with E-state index in [-0.39, 0.29) is 16.9 Å². The third-order valence-electron chi connectivity index (χ3n) is 3.77. The van der Waals surface area contributed by atoms with Gasteiger partial charge in [0, 0.05) is 12.6 Å². The lowest BCUT2D eigenvalue weighted by atomic mass is 10.1. The smallest absolute Gasteiger partial charge is 0.267 e. The number of fused-ring (bicyclic) bond motifs is 3. The molecule has 112 valence electrons. The van der Waals surface area contributed by atoms with E-state index in [2.05, 4.69) is 10.1 Å². The van der Waals surface area contributed by atoms with Crippen molar-refractivity contribution in [2.75, 3.05) is 0 Å². The van der Waals surface area contributed by atoms with Crippen LogP contribution in [0.2, 0.25) is 0 Å². The van der Waals surface area contributed by atoms with Crippen molar-refractivity contribution < 1.29 is 0 Å². The second-order valence-electron chi connectivity index (χ2n) is 5.21. The summed E-state index contributed by atoms with van der Waals surface area (Å²) < 4.78 is 2.89. The van der Waals surface area contributed by atoms with Crippen molar-refractivity contribution in [3.05, 3.63) is 75.3 Å². The predicted molar refractivity (Wildman–Crippen MR) is 87.4 cm³/mol. The number of aromatic nitrogens is 4. The molecule has 6 nitrogen and oxygen atoms in total. The van der Waals surface area contributed by atoms with Crippen molar-refractivity contribution in [1.82, 2.24) is 19.2 Å². The fraction of sp³-hybridized carbons (Fsp3) is 0.0588. The Hall–Kier alpha value is -3.28. The number of hydrogen-bond donors (Lipinski definition) is 0. The summed E-state index contributed by atoms with van der Waals surface area (Å²) in [7, 11) is 1.67. The molecular formula is C17H12N4O2. The van der Waals surface area contributed by atoms with Gasteiger partial charge in [0.25, 0.3) is 11.1 Å². The largest absolute Gasteiger partial charge is 0.286 e. The summed E-state index contributed by atoms with van der Waals surface area (Å²) in [6, 6.07) is 16.2. The van der Waals surface area contributed by atoms with Crippen LogP contribution in [0.1, 0.15) is 0 Å². The average molecular weight is 304 g/mol. The summed E-state index contributed by atoms with van der Waals surface area (Å²) in [5, 5.41) is 4.71. The van der Waals surface area contributed by atoms with E-state index in [4.69, 9.17) is 0 Å². The van der Waals surface area contributed by atoms with Crippen molar-refractivity contribution in [1.29, 1.82) is 0 Å². The number of aryl methyl sites for hydroxylation is 1. The Labute approximate surface area is 130 Å². The first kappa shape index (κ1) is 13.4. The first-order chi connectivity index (χ1) is 11.2. The first-order valence-electron chi connectivity index (χ1n) is 7.11. The molecule has 0 radical (unpaired) electrons. The summed E-state index contributed by atoms with van der Waals surface area (Å²) >= 11 is 0. The van der Waals surface area contributed by atoms with Gasteiger partial charge in [-0.2, -0.15) is 10.1 Å². The van der Waals surface area contributed by atoms with Crippen LogP contribution in [-0.2, 0) is 7.05 Å². The second-order valence-corrected chi connectivity index (χ2v) is 5.21. The minimum atomic E-state index is -0.370. The fourth-order valence-corrected chi connectivity index (χ4v) is 2.70. The molecule has 4 aromatic rings. The van der Waals surface area contributed by atoms with Gasteiger partial charge in [-0.1, -0.05) is 42.5 Å². The molecule has 2 heterocycles. The highest BCUT2D eigenvalue weighted by Crippen LogP contribution is 2.14.